The summed E-state index contributed by atoms with van der Waals surface area (Å²) in [6.45, 7) is 8.25. The van der Waals surface area contributed by atoms with Crippen LogP contribution in [-0.4, -0.2) is 9.13 Å². The molecule has 7 heteroatoms. The average molecular weight is 735 g/mol. The SMILES string of the molecule is Cc1ccc2c(c1)c1cc(C)ccc1n2-c1ccc(C#N)c(-c2cc(-c3ccc(C#N)cc3C(F)(F)F)ccc2-n2c3ccc(C)cc3c3cc(C)ccc32)c1. The molecular formula is C49H33F3N4. The quantitative estimate of drug-likeness (QED) is 0.181. The molecule has 0 atom stereocenters. The fraction of sp³-hybridized carbons (Fsp3) is 0.102. The van der Waals surface area contributed by atoms with E-state index in [9.17, 15) is 23.7 Å². The van der Waals surface area contributed by atoms with E-state index < -0.39 is 11.7 Å². The molecule has 0 saturated heterocycles. The van der Waals surface area contributed by atoms with Crippen LogP contribution in [0.1, 0.15) is 38.9 Å². The first-order valence-electron chi connectivity index (χ1n) is 18.3. The highest BCUT2D eigenvalue weighted by Crippen LogP contribution is 2.44. The summed E-state index contributed by atoms with van der Waals surface area (Å²) in [7, 11) is 0. The molecule has 0 aliphatic heterocycles. The van der Waals surface area contributed by atoms with Gasteiger partial charge in [-0.05, 0) is 130 Å². The standard InChI is InChI=1S/C49H33F3N4/c1-28-5-14-44-38(19-28)39-20-29(2)6-15-45(39)55(44)35-12-10-34(27-54)37(25-35)42-24-33(36-13-9-32(26-53)23-43(36)49(50,51)52)11-18-48(42)56-46-16-7-30(3)21-40(46)41-22-31(4)8-17-47(41)56/h5-25H,1-4H3. The molecule has 0 amide bonds. The zero-order valence-corrected chi connectivity index (χ0v) is 31.0. The van der Waals surface area contributed by atoms with E-state index in [1.807, 2.05) is 24.3 Å². The number of nitriles is 2. The molecule has 0 N–H and O–H groups in total. The topological polar surface area (TPSA) is 57.4 Å². The molecule has 0 spiro atoms. The maximum Gasteiger partial charge on any atom is 0.417 e. The Morgan fingerprint density at radius 1 is 0.464 bits per heavy atom. The number of nitrogens with zero attached hydrogens (tertiary/aromatic N) is 4. The Balaban J connectivity index is 1.39. The van der Waals surface area contributed by atoms with Crippen molar-refractivity contribution in [2.75, 3.05) is 0 Å². The van der Waals surface area contributed by atoms with Crippen LogP contribution in [0.15, 0.2) is 127 Å². The molecule has 2 aromatic heterocycles. The molecule has 2 heterocycles. The number of hydrogen-bond donors (Lipinski definition) is 0. The Kier molecular flexibility index (Phi) is 7.90. The number of hydrogen-bond acceptors (Lipinski definition) is 2. The minimum absolute atomic E-state index is 0.0550. The van der Waals surface area contributed by atoms with Crippen molar-refractivity contribution in [3.05, 3.63) is 166 Å². The van der Waals surface area contributed by atoms with Gasteiger partial charge >= 0.3 is 6.18 Å². The number of fused-ring (bicyclic) bond motifs is 6. The first-order valence-corrected chi connectivity index (χ1v) is 18.3. The first-order chi connectivity index (χ1) is 26.9. The van der Waals surface area contributed by atoms with E-state index in [1.54, 1.807) is 18.2 Å². The zero-order valence-electron chi connectivity index (χ0n) is 31.0. The summed E-state index contributed by atoms with van der Waals surface area (Å²) in [4.78, 5) is 0. The van der Waals surface area contributed by atoms with Gasteiger partial charge in [-0.15, -0.1) is 0 Å². The summed E-state index contributed by atoms with van der Waals surface area (Å²) < 4.78 is 48.3. The van der Waals surface area contributed by atoms with Gasteiger partial charge in [0.25, 0.3) is 0 Å². The van der Waals surface area contributed by atoms with E-state index in [4.69, 9.17) is 0 Å². The second kappa shape index (κ2) is 12.8. The highest BCUT2D eigenvalue weighted by Gasteiger charge is 2.34. The minimum atomic E-state index is -4.71. The van der Waals surface area contributed by atoms with Crippen LogP contribution in [0.2, 0.25) is 0 Å². The number of halogens is 3. The van der Waals surface area contributed by atoms with Gasteiger partial charge in [-0.1, -0.05) is 58.7 Å². The fourth-order valence-electron chi connectivity index (χ4n) is 8.25. The smallest absolute Gasteiger partial charge is 0.309 e. The van der Waals surface area contributed by atoms with Crippen LogP contribution in [-0.2, 0) is 6.18 Å². The van der Waals surface area contributed by atoms with E-state index >= 15 is 0 Å². The van der Waals surface area contributed by atoms with Crippen molar-refractivity contribution in [2.45, 2.75) is 33.9 Å². The summed E-state index contributed by atoms with van der Waals surface area (Å²) in [5.74, 6) is 0. The van der Waals surface area contributed by atoms with E-state index in [0.29, 0.717) is 27.9 Å². The molecule has 9 rings (SSSR count). The van der Waals surface area contributed by atoms with Gasteiger partial charge in [-0.3, -0.25) is 0 Å². The van der Waals surface area contributed by atoms with Crippen molar-refractivity contribution < 1.29 is 13.2 Å². The molecule has 270 valence electrons. The lowest BCUT2D eigenvalue weighted by Crippen LogP contribution is -2.08. The first kappa shape index (κ1) is 34.7. The van der Waals surface area contributed by atoms with Gasteiger partial charge in [-0.25, -0.2) is 0 Å². The second-order valence-corrected chi connectivity index (χ2v) is 14.7. The molecule has 9 aromatic rings. The summed E-state index contributed by atoms with van der Waals surface area (Å²) in [5.41, 5.74) is 10.7. The summed E-state index contributed by atoms with van der Waals surface area (Å²) in [6.07, 6.45) is -4.71. The van der Waals surface area contributed by atoms with Gasteiger partial charge in [0.05, 0.1) is 56.6 Å². The summed E-state index contributed by atoms with van der Waals surface area (Å²) in [5, 5.41) is 24.5. The zero-order chi connectivity index (χ0) is 39.0. The maximum atomic E-state index is 14.7. The van der Waals surface area contributed by atoms with Crippen molar-refractivity contribution in [3.63, 3.8) is 0 Å². The van der Waals surface area contributed by atoms with Crippen LogP contribution in [0, 0.1) is 50.4 Å². The summed E-state index contributed by atoms with van der Waals surface area (Å²) >= 11 is 0. The van der Waals surface area contributed by atoms with Crippen molar-refractivity contribution in [1.82, 2.24) is 9.13 Å². The largest absolute Gasteiger partial charge is 0.417 e. The average Bonchev–Trinajstić information content (AvgIpc) is 3.67. The van der Waals surface area contributed by atoms with Crippen molar-refractivity contribution >= 4 is 43.6 Å². The third-order valence-corrected chi connectivity index (χ3v) is 10.8. The number of alkyl halides is 3. The molecule has 0 fully saturated rings. The Labute approximate surface area is 321 Å². The number of rotatable bonds is 4. The van der Waals surface area contributed by atoms with Crippen molar-refractivity contribution in [2.24, 2.45) is 0 Å². The molecule has 0 aliphatic rings. The fourth-order valence-corrected chi connectivity index (χ4v) is 8.25. The normalized spacial score (nSPS) is 11.8. The van der Waals surface area contributed by atoms with Gasteiger partial charge in [0, 0.05) is 38.4 Å². The van der Waals surface area contributed by atoms with Gasteiger partial charge in [0.1, 0.15) is 0 Å². The van der Waals surface area contributed by atoms with E-state index in [-0.39, 0.29) is 11.1 Å². The van der Waals surface area contributed by atoms with E-state index in [1.165, 1.54) is 12.1 Å². The second-order valence-electron chi connectivity index (χ2n) is 14.7. The van der Waals surface area contributed by atoms with Crippen molar-refractivity contribution in [1.29, 1.82) is 10.5 Å². The third kappa shape index (κ3) is 5.51. The molecule has 56 heavy (non-hydrogen) atoms. The van der Waals surface area contributed by atoms with Crippen LogP contribution in [0.3, 0.4) is 0 Å². The highest BCUT2D eigenvalue weighted by atomic mass is 19.4. The highest BCUT2D eigenvalue weighted by molar-refractivity contribution is 6.11. The number of benzene rings is 7. The Morgan fingerprint density at radius 3 is 1.46 bits per heavy atom. The number of aryl methyl sites for hydroxylation is 4. The summed E-state index contributed by atoms with van der Waals surface area (Å²) in [6, 6.07) is 44.2. The van der Waals surface area contributed by atoms with Gasteiger partial charge < -0.3 is 9.13 Å². The lowest BCUT2D eigenvalue weighted by atomic mass is 9.91. The Hall–Kier alpha value is -7.09. The minimum Gasteiger partial charge on any atom is -0.309 e. The Morgan fingerprint density at radius 2 is 0.982 bits per heavy atom. The maximum absolute atomic E-state index is 14.7. The lowest BCUT2D eigenvalue weighted by molar-refractivity contribution is -0.137. The molecule has 0 aliphatic carbocycles. The lowest BCUT2D eigenvalue weighted by Gasteiger charge is -2.19. The molecular weight excluding hydrogens is 702 g/mol. The van der Waals surface area contributed by atoms with Gasteiger partial charge in [-0.2, -0.15) is 23.7 Å². The van der Waals surface area contributed by atoms with Crippen LogP contribution in [0.4, 0.5) is 13.2 Å². The van der Waals surface area contributed by atoms with E-state index in [0.717, 1.165) is 77.6 Å². The number of aromatic nitrogens is 2. The molecule has 0 radical (unpaired) electrons. The van der Waals surface area contributed by atoms with Crippen LogP contribution in [0.25, 0.3) is 77.2 Å². The van der Waals surface area contributed by atoms with Crippen LogP contribution in [0.5, 0.6) is 0 Å². The van der Waals surface area contributed by atoms with E-state index in [2.05, 4.69) is 116 Å². The predicted molar refractivity (Wildman–Crippen MR) is 219 cm³/mol. The van der Waals surface area contributed by atoms with Crippen LogP contribution < -0.4 is 0 Å². The monoisotopic (exact) mass is 734 g/mol. The molecule has 0 bridgehead atoms. The third-order valence-electron chi connectivity index (χ3n) is 10.8. The molecule has 0 saturated carbocycles. The predicted octanol–water partition coefficient (Wildman–Crippen LogP) is 13.2. The molecule has 7 aromatic carbocycles. The molecule has 4 nitrogen and oxygen atoms in total. The van der Waals surface area contributed by atoms with Gasteiger partial charge in [0.15, 0.2) is 0 Å². The van der Waals surface area contributed by atoms with Gasteiger partial charge in [0.2, 0.25) is 0 Å². The molecule has 0 unspecified atom stereocenters. The Bertz CT molecular complexity index is 3080. The van der Waals surface area contributed by atoms with Crippen molar-refractivity contribution in [3.8, 4) is 45.8 Å². The van der Waals surface area contributed by atoms with Crippen LogP contribution >= 0.6 is 0 Å².